The Balaban J connectivity index is 1.45. The van der Waals surface area contributed by atoms with Gasteiger partial charge in [-0.05, 0) is 41.8 Å². The van der Waals surface area contributed by atoms with E-state index in [1.165, 1.54) is 13.2 Å². The quantitative estimate of drug-likeness (QED) is 0.499. The Morgan fingerprint density at radius 1 is 1.34 bits per heavy atom. The van der Waals surface area contributed by atoms with Crippen molar-refractivity contribution in [2.75, 3.05) is 20.4 Å². The first-order chi connectivity index (χ1) is 14.2. The van der Waals surface area contributed by atoms with Gasteiger partial charge in [-0.25, -0.2) is 0 Å². The summed E-state index contributed by atoms with van der Waals surface area (Å²) in [5.41, 5.74) is 2.80. The Kier molecular flexibility index (Phi) is 5.08. The topological polar surface area (TPSA) is 96.4 Å². The van der Waals surface area contributed by atoms with Crippen molar-refractivity contribution in [3.8, 4) is 23.3 Å². The summed E-state index contributed by atoms with van der Waals surface area (Å²) in [4.78, 5) is 15.7. The molecule has 0 saturated carbocycles. The van der Waals surface area contributed by atoms with Gasteiger partial charge in [0.05, 0.1) is 7.11 Å². The number of rotatable bonds is 6. The monoisotopic (exact) mass is 389 g/mol. The van der Waals surface area contributed by atoms with E-state index in [-0.39, 0.29) is 12.4 Å². The zero-order chi connectivity index (χ0) is 20.2. The first-order valence-electron chi connectivity index (χ1n) is 9.12. The molecule has 0 spiro atoms. The molecule has 4 rings (SSSR count). The number of para-hydroxylation sites is 1. The van der Waals surface area contributed by atoms with Crippen LogP contribution < -0.4 is 19.5 Å². The fraction of sp³-hybridized carbons (Fsp3) is 0.182. The minimum absolute atomic E-state index is 0.00449. The van der Waals surface area contributed by atoms with E-state index < -0.39 is 5.91 Å². The molecule has 1 aliphatic heterocycles. The number of H-pyrrole nitrogens is 1. The molecule has 1 amide bonds. The molecule has 0 saturated heterocycles. The zero-order valence-electron chi connectivity index (χ0n) is 15.8. The smallest absolute Gasteiger partial charge is 0.261 e. The number of nitrogens with zero attached hydrogens (tertiary/aromatic N) is 1. The molecule has 7 heteroatoms. The van der Waals surface area contributed by atoms with Crippen LogP contribution in [0, 0.1) is 11.3 Å². The molecule has 0 unspecified atom stereocenters. The third kappa shape index (κ3) is 3.73. The van der Waals surface area contributed by atoms with E-state index in [9.17, 15) is 10.1 Å². The molecule has 0 bridgehead atoms. The highest BCUT2D eigenvalue weighted by Gasteiger charge is 2.20. The van der Waals surface area contributed by atoms with E-state index in [0.717, 1.165) is 16.5 Å². The maximum Gasteiger partial charge on any atom is 0.261 e. The van der Waals surface area contributed by atoms with Crippen molar-refractivity contribution in [2.45, 2.75) is 6.42 Å². The van der Waals surface area contributed by atoms with Crippen LogP contribution in [-0.2, 0) is 11.2 Å². The first kappa shape index (κ1) is 18.4. The molecule has 2 N–H and O–H groups in total. The number of carbonyl (C=O) groups is 1. The van der Waals surface area contributed by atoms with E-state index in [1.807, 2.05) is 36.5 Å². The van der Waals surface area contributed by atoms with E-state index in [4.69, 9.17) is 14.2 Å². The van der Waals surface area contributed by atoms with Gasteiger partial charge in [-0.1, -0.05) is 18.2 Å². The van der Waals surface area contributed by atoms with Crippen molar-refractivity contribution in [3.05, 3.63) is 59.3 Å². The molecule has 7 nitrogen and oxygen atoms in total. The van der Waals surface area contributed by atoms with Gasteiger partial charge in [0, 0.05) is 23.6 Å². The normalized spacial score (nSPS) is 12.6. The maximum atomic E-state index is 12.5. The van der Waals surface area contributed by atoms with Gasteiger partial charge < -0.3 is 24.5 Å². The van der Waals surface area contributed by atoms with E-state index in [1.54, 1.807) is 12.1 Å². The SMILES string of the molecule is COc1cc(/C=C(/C#N)C(=O)NCCc2c[nH]c3ccccc23)cc2c1OCO2. The number of amides is 1. The van der Waals surface area contributed by atoms with Crippen LogP contribution in [0.4, 0.5) is 0 Å². The number of hydrogen-bond donors (Lipinski definition) is 2. The number of nitriles is 1. The minimum atomic E-state index is -0.427. The number of ether oxygens (including phenoxy) is 3. The summed E-state index contributed by atoms with van der Waals surface area (Å²) in [6.45, 7) is 0.530. The van der Waals surface area contributed by atoms with Crippen LogP contribution in [0.1, 0.15) is 11.1 Å². The van der Waals surface area contributed by atoms with Gasteiger partial charge in [0.15, 0.2) is 11.5 Å². The Morgan fingerprint density at radius 3 is 3.03 bits per heavy atom. The molecular weight excluding hydrogens is 370 g/mol. The molecule has 1 aromatic heterocycles. The van der Waals surface area contributed by atoms with Gasteiger partial charge >= 0.3 is 0 Å². The number of nitrogens with one attached hydrogen (secondary N) is 2. The van der Waals surface area contributed by atoms with Crippen LogP contribution in [0.25, 0.3) is 17.0 Å². The lowest BCUT2D eigenvalue weighted by Gasteiger charge is -2.07. The van der Waals surface area contributed by atoms with Gasteiger partial charge in [0.25, 0.3) is 5.91 Å². The van der Waals surface area contributed by atoms with Crippen LogP contribution in [0.2, 0.25) is 0 Å². The predicted molar refractivity (Wildman–Crippen MR) is 108 cm³/mol. The summed E-state index contributed by atoms with van der Waals surface area (Å²) in [7, 11) is 1.52. The summed E-state index contributed by atoms with van der Waals surface area (Å²) in [6, 6.07) is 13.4. The van der Waals surface area contributed by atoms with Gasteiger partial charge in [-0.15, -0.1) is 0 Å². The van der Waals surface area contributed by atoms with Gasteiger partial charge in [-0.2, -0.15) is 5.26 Å². The molecule has 0 radical (unpaired) electrons. The lowest BCUT2D eigenvalue weighted by molar-refractivity contribution is -0.117. The van der Waals surface area contributed by atoms with Gasteiger partial charge in [-0.3, -0.25) is 4.79 Å². The average molecular weight is 389 g/mol. The van der Waals surface area contributed by atoms with E-state index in [2.05, 4.69) is 10.3 Å². The van der Waals surface area contributed by atoms with Crippen molar-refractivity contribution < 1.29 is 19.0 Å². The maximum absolute atomic E-state index is 12.5. The molecule has 29 heavy (non-hydrogen) atoms. The lowest BCUT2D eigenvalue weighted by Crippen LogP contribution is -2.26. The minimum Gasteiger partial charge on any atom is -0.493 e. The van der Waals surface area contributed by atoms with E-state index in [0.29, 0.717) is 35.8 Å². The molecule has 0 atom stereocenters. The fourth-order valence-corrected chi connectivity index (χ4v) is 3.29. The largest absolute Gasteiger partial charge is 0.493 e. The Labute approximate surface area is 167 Å². The highest BCUT2D eigenvalue weighted by atomic mass is 16.7. The number of benzene rings is 2. The van der Waals surface area contributed by atoms with Crippen LogP contribution in [0.3, 0.4) is 0 Å². The molecule has 2 aromatic carbocycles. The zero-order valence-corrected chi connectivity index (χ0v) is 15.8. The van der Waals surface area contributed by atoms with Gasteiger partial charge in [0.2, 0.25) is 12.5 Å². The average Bonchev–Trinajstić information content (AvgIpc) is 3.38. The van der Waals surface area contributed by atoms with Crippen LogP contribution in [-0.4, -0.2) is 31.3 Å². The van der Waals surface area contributed by atoms with E-state index >= 15 is 0 Å². The van der Waals surface area contributed by atoms with Crippen molar-refractivity contribution >= 4 is 22.9 Å². The van der Waals surface area contributed by atoms with Crippen LogP contribution in [0.15, 0.2) is 48.2 Å². The second-order valence-electron chi connectivity index (χ2n) is 6.49. The Bertz CT molecular complexity index is 1140. The van der Waals surface area contributed by atoms with Crippen molar-refractivity contribution in [3.63, 3.8) is 0 Å². The predicted octanol–water partition coefficient (Wildman–Crippen LogP) is 3.17. The number of hydrogen-bond acceptors (Lipinski definition) is 5. The fourth-order valence-electron chi connectivity index (χ4n) is 3.29. The molecule has 3 aromatic rings. The summed E-state index contributed by atoms with van der Waals surface area (Å²) < 4.78 is 16.0. The second kappa shape index (κ2) is 7.98. The number of aromatic nitrogens is 1. The van der Waals surface area contributed by atoms with Crippen LogP contribution in [0.5, 0.6) is 17.2 Å². The molecule has 1 aliphatic rings. The summed E-state index contributed by atoms with van der Waals surface area (Å²) in [6.07, 6.45) is 4.11. The molecule has 0 aliphatic carbocycles. The number of carbonyl (C=O) groups excluding carboxylic acids is 1. The van der Waals surface area contributed by atoms with Crippen molar-refractivity contribution in [2.24, 2.45) is 0 Å². The van der Waals surface area contributed by atoms with Crippen molar-refractivity contribution in [1.82, 2.24) is 10.3 Å². The third-order valence-corrected chi connectivity index (χ3v) is 4.71. The molecule has 0 fully saturated rings. The third-order valence-electron chi connectivity index (χ3n) is 4.71. The van der Waals surface area contributed by atoms with Crippen LogP contribution >= 0.6 is 0 Å². The highest BCUT2D eigenvalue weighted by Crippen LogP contribution is 2.42. The molecule has 2 heterocycles. The lowest BCUT2D eigenvalue weighted by atomic mass is 10.1. The standard InChI is InChI=1S/C22H19N3O4/c1-27-19-9-14(10-20-21(19)29-13-28-20)8-16(11-23)22(26)24-7-6-15-12-25-18-5-3-2-4-17(15)18/h2-5,8-10,12,25H,6-7,13H2,1H3,(H,24,26)/b16-8-. The molecular formula is C22H19N3O4. The second-order valence-corrected chi connectivity index (χ2v) is 6.49. The van der Waals surface area contributed by atoms with Gasteiger partial charge in [0.1, 0.15) is 11.6 Å². The summed E-state index contributed by atoms with van der Waals surface area (Å²) in [5, 5.41) is 13.4. The number of aromatic amines is 1. The number of fused-ring (bicyclic) bond motifs is 2. The number of methoxy groups -OCH3 is 1. The summed E-state index contributed by atoms with van der Waals surface area (Å²) in [5.74, 6) is 1.10. The highest BCUT2D eigenvalue weighted by molar-refractivity contribution is 6.01. The summed E-state index contributed by atoms with van der Waals surface area (Å²) >= 11 is 0. The first-order valence-corrected chi connectivity index (χ1v) is 9.12. The Morgan fingerprint density at radius 2 is 2.21 bits per heavy atom. The Hall–Kier alpha value is -3.92. The molecule has 146 valence electrons. The van der Waals surface area contributed by atoms with Crippen molar-refractivity contribution in [1.29, 1.82) is 5.26 Å².